The predicted octanol–water partition coefficient (Wildman–Crippen LogP) is 1.10. The van der Waals surface area contributed by atoms with Crippen LogP contribution >= 0.6 is 0 Å². The Labute approximate surface area is 86.9 Å². The highest BCUT2D eigenvalue weighted by molar-refractivity contribution is 5.77. The molecule has 1 rings (SSSR count). The van der Waals surface area contributed by atoms with Crippen LogP contribution in [0.1, 0.15) is 26.7 Å². The van der Waals surface area contributed by atoms with Gasteiger partial charge in [0, 0.05) is 20.1 Å². The van der Waals surface area contributed by atoms with Gasteiger partial charge in [-0.3, -0.25) is 4.79 Å². The van der Waals surface area contributed by atoms with E-state index in [9.17, 15) is 4.79 Å². The minimum atomic E-state index is 0.163. The van der Waals surface area contributed by atoms with Crippen molar-refractivity contribution in [1.82, 2.24) is 10.2 Å². The van der Waals surface area contributed by atoms with E-state index in [0.717, 1.165) is 5.92 Å². The quantitative estimate of drug-likeness (QED) is 0.717. The molecule has 1 N–H and O–H groups in total. The molecule has 0 spiro atoms. The van der Waals surface area contributed by atoms with E-state index in [1.807, 2.05) is 0 Å². The predicted molar refractivity (Wildman–Crippen MR) is 58.0 cm³/mol. The molecule has 1 unspecified atom stereocenters. The van der Waals surface area contributed by atoms with Gasteiger partial charge in [0.05, 0.1) is 6.54 Å². The lowest BCUT2D eigenvalue weighted by molar-refractivity contribution is -0.127. The summed E-state index contributed by atoms with van der Waals surface area (Å²) in [6.45, 7) is 4.92. The van der Waals surface area contributed by atoms with Crippen molar-refractivity contribution >= 4 is 5.91 Å². The molecule has 0 radical (unpaired) electrons. The number of hydrogen-bond acceptors (Lipinski definition) is 2. The molecule has 0 saturated heterocycles. The van der Waals surface area contributed by atoms with E-state index in [4.69, 9.17) is 0 Å². The molecule has 1 aliphatic carbocycles. The molecule has 0 heterocycles. The molecule has 0 aromatic carbocycles. The standard InChI is InChI=1S/C11H22N2O/c1-8(2)11(9-5-6-9)12-7-10(14)13(3)4/h8-9,11-12H,5-7H2,1-4H3. The van der Waals surface area contributed by atoms with Crippen molar-refractivity contribution < 1.29 is 4.79 Å². The number of amides is 1. The fourth-order valence-corrected chi connectivity index (χ4v) is 1.77. The van der Waals surface area contributed by atoms with E-state index >= 15 is 0 Å². The van der Waals surface area contributed by atoms with Gasteiger partial charge in [-0.05, 0) is 24.7 Å². The first-order chi connectivity index (χ1) is 6.52. The van der Waals surface area contributed by atoms with E-state index in [1.165, 1.54) is 12.8 Å². The van der Waals surface area contributed by atoms with Crippen LogP contribution in [0.5, 0.6) is 0 Å². The third-order valence-electron chi connectivity index (χ3n) is 2.84. The molecule has 0 aromatic rings. The molecule has 3 nitrogen and oxygen atoms in total. The van der Waals surface area contributed by atoms with Crippen LogP contribution in [0.15, 0.2) is 0 Å². The van der Waals surface area contributed by atoms with E-state index in [0.29, 0.717) is 18.5 Å². The first-order valence-corrected chi connectivity index (χ1v) is 5.46. The Bertz CT molecular complexity index is 195. The van der Waals surface area contributed by atoms with Gasteiger partial charge in [-0.15, -0.1) is 0 Å². The van der Waals surface area contributed by atoms with Crippen LogP contribution in [0.4, 0.5) is 0 Å². The molecule has 3 heteroatoms. The van der Waals surface area contributed by atoms with E-state index < -0.39 is 0 Å². The first-order valence-electron chi connectivity index (χ1n) is 5.46. The summed E-state index contributed by atoms with van der Waals surface area (Å²) in [7, 11) is 3.59. The highest BCUT2D eigenvalue weighted by atomic mass is 16.2. The lowest BCUT2D eigenvalue weighted by atomic mass is 10.00. The van der Waals surface area contributed by atoms with Crippen molar-refractivity contribution in [3.05, 3.63) is 0 Å². The van der Waals surface area contributed by atoms with E-state index in [1.54, 1.807) is 19.0 Å². The Kier molecular flexibility index (Phi) is 3.93. The second-order valence-electron chi connectivity index (χ2n) is 4.78. The smallest absolute Gasteiger partial charge is 0.236 e. The molecule has 1 saturated carbocycles. The summed E-state index contributed by atoms with van der Waals surface area (Å²) in [5.41, 5.74) is 0. The summed E-state index contributed by atoms with van der Waals surface area (Å²) in [5, 5.41) is 3.37. The third kappa shape index (κ3) is 3.29. The maximum atomic E-state index is 11.4. The van der Waals surface area contributed by atoms with Crippen molar-refractivity contribution in [2.45, 2.75) is 32.7 Å². The fraction of sp³-hybridized carbons (Fsp3) is 0.909. The van der Waals surface area contributed by atoms with Crippen LogP contribution in [0, 0.1) is 11.8 Å². The van der Waals surface area contributed by atoms with Crippen molar-refractivity contribution in [3.8, 4) is 0 Å². The molecule has 0 bridgehead atoms. The monoisotopic (exact) mass is 198 g/mol. The van der Waals surface area contributed by atoms with E-state index in [-0.39, 0.29) is 5.91 Å². The summed E-state index contributed by atoms with van der Waals surface area (Å²) < 4.78 is 0. The number of hydrogen-bond donors (Lipinski definition) is 1. The van der Waals surface area contributed by atoms with Crippen LogP contribution in [-0.2, 0) is 4.79 Å². The SMILES string of the molecule is CC(C)C(NCC(=O)N(C)C)C1CC1. The molecule has 1 atom stereocenters. The van der Waals surface area contributed by atoms with Gasteiger partial charge in [0.2, 0.25) is 5.91 Å². The lowest BCUT2D eigenvalue weighted by Gasteiger charge is -2.22. The zero-order valence-electron chi connectivity index (χ0n) is 9.71. The molecule has 1 aliphatic rings. The van der Waals surface area contributed by atoms with Crippen LogP contribution in [0.2, 0.25) is 0 Å². The summed E-state index contributed by atoms with van der Waals surface area (Å²) in [6.07, 6.45) is 2.65. The lowest BCUT2D eigenvalue weighted by Crippen LogP contribution is -2.42. The maximum Gasteiger partial charge on any atom is 0.236 e. The normalized spacial score (nSPS) is 18.4. The number of likely N-dealkylation sites (N-methyl/N-ethyl adjacent to an activating group) is 1. The molecule has 0 aliphatic heterocycles. The average Bonchev–Trinajstić information content (AvgIpc) is 2.87. The molecule has 0 aromatic heterocycles. The highest BCUT2D eigenvalue weighted by Gasteiger charge is 2.32. The first kappa shape index (κ1) is 11.5. The summed E-state index contributed by atoms with van der Waals surface area (Å²) in [4.78, 5) is 13.0. The maximum absolute atomic E-state index is 11.4. The topological polar surface area (TPSA) is 32.3 Å². The molecule has 1 amide bonds. The van der Waals surface area contributed by atoms with Crippen LogP contribution in [0.3, 0.4) is 0 Å². The van der Waals surface area contributed by atoms with Gasteiger partial charge in [-0.2, -0.15) is 0 Å². The molecular formula is C11H22N2O. The number of rotatable bonds is 5. The zero-order chi connectivity index (χ0) is 10.7. The number of carbonyl (C=O) groups is 1. The minimum Gasteiger partial charge on any atom is -0.348 e. The molecule has 14 heavy (non-hydrogen) atoms. The second-order valence-corrected chi connectivity index (χ2v) is 4.78. The van der Waals surface area contributed by atoms with Crippen LogP contribution in [0.25, 0.3) is 0 Å². The van der Waals surface area contributed by atoms with Gasteiger partial charge in [-0.1, -0.05) is 13.8 Å². The van der Waals surface area contributed by atoms with E-state index in [2.05, 4.69) is 19.2 Å². The molecular weight excluding hydrogens is 176 g/mol. The number of nitrogens with one attached hydrogen (secondary N) is 1. The van der Waals surface area contributed by atoms with Crippen LogP contribution in [-0.4, -0.2) is 37.5 Å². The second kappa shape index (κ2) is 4.78. The fourth-order valence-electron chi connectivity index (χ4n) is 1.77. The molecule has 1 fully saturated rings. The van der Waals surface area contributed by atoms with Gasteiger partial charge in [0.1, 0.15) is 0 Å². The largest absolute Gasteiger partial charge is 0.348 e. The van der Waals surface area contributed by atoms with Crippen LogP contribution < -0.4 is 5.32 Å². The Morgan fingerprint density at radius 3 is 2.36 bits per heavy atom. The van der Waals surface area contributed by atoms with Gasteiger partial charge in [0.25, 0.3) is 0 Å². The summed E-state index contributed by atoms with van der Waals surface area (Å²) in [5.74, 6) is 1.60. The van der Waals surface area contributed by atoms with Gasteiger partial charge in [0.15, 0.2) is 0 Å². The Balaban J connectivity index is 2.29. The van der Waals surface area contributed by atoms with Gasteiger partial charge < -0.3 is 10.2 Å². The Morgan fingerprint density at radius 2 is 2.00 bits per heavy atom. The van der Waals surface area contributed by atoms with Crippen molar-refractivity contribution in [2.24, 2.45) is 11.8 Å². The van der Waals surface area contributed by atoms with Crippen molar-refractivity contribution in [1.29, 1.82) is 0 Å². The van der Waals surface area contributed by atoms with Gasteiger partial charge in [-0.25, -0.2) is 0 Å². The zero-order valence-corrected chi connectivity index (χ0v) is 9.71. The third-order valence-corrected chi connectivity index (χ3v) is 2.84. The van der Waals surface area contributed by atoms with Crippen molar-refractivity contribution in [2.75, 3.05) is 20.6 Å². The van der Waals surface area contributed by atoms with Gasteiger partial charge >= 0.3 is 0 Å². The summed E-state index contributed by atoms with van der Waals surface area (Å²) >= 11 is 0. The average molecular weight is 198 g/mol. The Morgan fingerprint density at radius 1 is 1.43 bits per heavy atom. The number of nitrogens with zero attached hydrogens (tertiary/aromatic N) is 1. The minimum absolute atomic E-state index is 0.163. The van der Waals surface area contributed by atoms with Crippen molar-refractivity contribution in [3.63, 3.8) is 0 Å². The highest BCUT2D eigenvalue weighted by Crippen LogP contribution is 2.35. The Hall–Kier alpha value is -0.570. The number of carbonyl (C=O) groups excluding carboxylic acids is 1. The molecule has 82 valence electrons. The summed E-state index contributed by atoms with van der Waals surface area (Å²) in [6, 6.07) is 0.527.